The summed E-state index contributed by atoms with van der Waals surface area (Å²) in [6.45, 7) is 0. The minimum Gasteiger partial charge on any atom is -0.467 e. The van der Waals surface area contributed by atoms with Crippen LogP contribution < -0.4 is 5.32 Å². The lowest BCUT2D eigenvalue weighted by atomic mass is 10.0. The smallest absolute Gasteiger partial charge is 0.331 e. The first-order valence-electron chi connectivity index (χ1n) is 7.89. The Morgan fingerprint density at radius 1 is 1.15 bits per heavy atom. The fourth-order valence-corrected chi connectivity index (χ4v) is 2.86. The van der Waals surface area contributed by atoms with E-state index in [0.29, 0.717) is 10.6 Å². The van der Waals surface area contributed by atoms with Crippen LogP contribution in [0.5, 0.6) is 0 Å². The van der Waals surface area contributed by atoms with Crippen molar-refractivity contribution < 1.29 is 19.4 Å². The van der Waals surface area contributed by atoms with E-state index in [0.717, 1.165) is 10.9 Å². The predicted molar refractivity (Wildman–Crippen MR) is 98.0 cm³/mol. The third-order valence-corrected chi connectivity index (χ3v) is 4.26. The van der Waals surface area contributed by atoms with Crippen LogP contribution in [0.15, 0.2) is 54.6 Å². The molecule has 0 saturated heterocycles. The van der Waals surface area contributed by atoms with E-state index in [-0.39, 0.29) is 5.69 Å². The third kappa shape index (κ3) is 3.71. The molecule has 134 valence electrons. The molecule has 0 aliphatic carbocycles. The van der Waals surface area contributed by atoms with Crippen molar-refractivity contribution >= 4 is 34.4 Å². The summed E-state index contributed by atoms with van der Waals surface area (Å²) in [5.74, 6) is -1.28. The Bertz CT molecular complexity index is 939. The van der Waals surface area contributed by atoms with Crippen LogP contribution in [0.25, 0.3) is 10.9 Å². The number of hydrogen-bond acceptors (Lipinski definition) is 4. The Morgan fingerprint density at radius 2 is 1.88 bits per heavy atom. The zero-order valence-corrected chi connectivity index (χ0v) is 14.7. The Labute approximate surface area is 154 Å². The molecule has 1 heterocycles. The Kier molecular flexibility index (Phi) is 5.25. The molecular formula is C19H17ClN2O4. The van der Waals surface area contributed by atoms with Gasteiger partial charge in [0.05, 0.1) is 7.11 Å². The first kappa shape index (κ1) is 18.0. The molecule has 3 aromatic rings. The molecule has 0 unspecified atom stereocenters. The van der Waals surface area contributed by atoms with Gasteiger partial charge >= 0.3 is 5.97 Å². The number of rotatable bonds is 5. The van der Waals surface area contributed by atoms with Gasteiger partial charge in [-0.15, -0.1) is 0 Å². The summed E-state index contributed by atoms with van der Waals surface area (Å²) in [6, 6.07) is 14.1. The Morgan fingerprint density at radius 3 is 2.58 bits per heavy atom. The molecule has 26 heavy (non-hydrogen) atoms. The number of benzene rings is 2. The fraction of sp³-hybridized carbons (Fsp3) is 0.158. The summed E-state index contributed by atoms with van der Waals surface area (Å²) in [7, 11) is 1.20. The van der Waals surface area contributed by atoms with Crippen molar-refractivity contribution in [3.63, 3.8) is 0 Å². The molecule has 7 heteroatoms. The summed E-state index contributed by atoms with van der Waals surface area (Å²) >= 11 is 5.95. The van der Waals surface area contributed by atoms with Crippen LogP contribution in [0.3, 0.4) is 0 Å². The number of ether oxygens (including phenoxy) is 1. The van der Waals surface area contributed by atoms with Crippen molar-refractivity contribution in [2.75, 3.05) is 7.11 Å². The van der Waals surface area contributed by atoms with Gasteiger partial charge in [-0.1, -0.05) is 41.9 Å². The van der Waals surface area contributed by atoms with Gasteiger partial charge in [-0.3, -0.25) is 4.79 Å². The number of hydrogen-bond donors (Lipinski definition) is 3. The number of methoxy groups -OCH3 is 1. The number of nitrogens with one attached hydrogen (secondary N) is 2. The maximum Gasteiger partial charge on any atom is 0.331 e. The number of fused-ring (bicyclic) bond motifs is 1. The lowest BCUT2D eigenvalue weighted by Crippen LogP contribution is -2.45. The quantitative estimate of drug-likeness (QED) is 0.600. The second-order valence-corrected chi connectivity index (χ2v) is 6.18. The van der Waals surface area contributed by atoms with Crippen molar-refractivity contribution in [1.29, 1.82) is 0 Å². The zero-order chi connectivity index (χ0) is 18.7. The molecule has 0 fully saturated rings. The normalized spacial score (nSPS) is 13.2. The zero-order valence-electron chi connectivity index (χ0n) is 13.9. The number of carbonyl (C=O) groups is 2. The molecule has 0 spiro atoms. The number of halogens is 1. The first-order valence-corrected chi connectivity index (χ1v) is 8.27. The summed E-state index contributed by atoms with van der Waals surface area (Å²) < 4.78 is 4.73. The molecule has 1 aromatic heterocycles. The summed E-state index contributed by atoms with van der Waals surface area (Å²) in [5.41, 5.74) is 1.47. The monoisotopic (exact) mass is 372 g/mol. The van der Waals surface area contributed by atoms with Gasteiger partial charge in [-0.2, -0.15) is 0 Å². The van der Waals surface area contributed by atoms with Gasteiger partial charge in [-0.05, 0) is 29.8 Å². The van der Waals surface area contributed by atoms with Crippen molar-refractivity contribution in [2.24, 2.45) is 0 Å². The minimum atomic E-state index is -1.25. The molecular weight excluding hydrogens is 356 g/mol. The number of carbonyl (C=O) groups excluding carboxylic acids is 2. The summed E-state index contributed by atoms with van der Waals surface area (Å²) in [5, 5.41) is 14.4. The average molecular weight is 373 g/mol. The largest absolute Gasteiger partial charge is 0.467 e. The topological polar surface area (TPSA) is 91.4 Å². The van der Waals surface area contributed by atoms with E-state index in [2.05, 4.69) is 10.3 Å². The van der Waals surface area contributed by atoms with Crippen LogP contribution in [0.2, 0.25) is 5.02 Å². The maximum atomic E-state index is 12.6. The fourth-order valence-electron chi connectivity index (χ4n) is 2.68. The van der Waals surface area contributed by atoms with Crippen LogP contribution in [0.1, 0.15) is 22.2 Å². The predicted octanol–water partition coefficient (Wildman–Crippen LogP) is 2.83. The lowest BCUT2D eigenvalue weighted by Gasteiger charge is -2.22. The highest BCUT2D eigenvalue weighted by molar-refractivity contribution is 6.31. The van der Waals surface area contributed by atoms with Gasteiger partial charge in [0, 0.05) is 15.9 Å². The van der Waals surface area contributed by atoms with Gasteiger partial charge in [0.25, 0.3) is 5.91 Å². The van der Waals surface area contributed by atoms with Gasteiger partial charge in [0.2, 0.25) is 0 Å². The van der Waals surface area contributed by atoms with Crippen molar-refractivity contribution in [3.8, 4) is 0 Å². The molecule has 3 rings (SSSR count). The van der Waals surface area contributed by atoms with E-state index in [4.69, 9.17) is 16.3 Å². The molecule has 2 aromatic carbocycles. The van der Waals surface area contributed by atoms with Crippen LogP contribution in [-0.4, -0.2) is 35.1 Å². The number of H-pyrrole nitrogens is 1. The van der Waals surface area contributed by atoms with Crippen molar-refractivity contribution in [1.82, 2.24) is 10.3 Å². The molecule has 6 nitrogen and oxygen atoms in total. The lowest BCUT2D eigenvalue weighted by molar-refractivity contribution is -0.146. The highest BCUT2D eigenvalue weighted by atomic mass is 35.5. The first-order chi connectivity index (χ1) is 12.5. The summed E-state index contributed by atoms with van der Waals surface area (Å²) in [6.07, 6.45) is -1.24. The van der Waals surface area contributed by atoms with E-state index < -0.39 is 24.0 Å². The maximum absolute atomic E-state index is 12.6. The van der Waals surface area contributed by atoms with E-state index in [9.17, 15) is 14.7 Å². The van der Waals surface area contributed by atoms with Crippen molar-refractivity contribution in [2.45, 2.75) is 12.1 Å². The number of aliphatic hydroxyl groups excluding tert-OH is 1. The number of aliphatic hydroxyl groups is 1. The SMILES string of the molecule is COC(=O)[C@@H](NC(=O)c1cc2cc(Cl)ccc2[nH]1)[C@H](O)c1ccccc1. The number of esters is 1. The van der Waals surface area contributed by atoms with Gasteiger partial charge in [0.15, 0.2) is 6.04 Å². The van der Waals surface area contributed by atoms with Crippen LogP contribution in [0, 0.1) is 0 Å². The van der Waals surface area contributed by atoms with Crippen LogP contribution in [0.4, 0.5) is 0 Å². The minimum absolute atomic E-state index is 0.247. The number of amides is 1. The second kappa shape index (κ2) is 7.59. The number of aromatic nitrogens is 1. The van der Waals surface area contributed by atoms with Gasteiger partial charge in [0.1, 0.15) is 11.8 Å². The molecule has 2 atom stereocenters. The average Bonchev–Trinajstić information content (AvgIpc) is 3.08. The number of aromatic amines is 1. The van der Waals surface area contributed by atoms with Gasteiger partial charge in [-0.25, -0.2) is 4.79 Å². The van der Waals surface area contributed by atoms with E-state index >= 15 is 0 Å². The van der Waals surface area contributed by atoms with Crippen LogP contribution in [-0.2, 0) is 9.53 Å². The molecule has 0 bridgehead atoms. The highest BCUT2D eigenvalue weighted by Crippen LogP contribution is 2.21. The van der Waals surface area contributed by atoms with Gasteiger partial charge < -0.3 is 20.1 Å². The Balaban J connectivity index is 1.85. The molecule has 0 radical (unpaired) electrons. The molecule has 0 aliphatic rings. The van der Waals surface area contributed by atoms with Crippen LogP contribution >= 0.6 is 11.6 Å². The summed E-state index contributed by atoms with van der Waals surface area (Å²) in [4.78, 5) is 27.6. The van der Waals surface area contributed by atoms with Crippen molar-refractivity contribution in [3.05, 3.63) is 70.9 Å². The van der Waals surface area contributed by atoms with E-state index in [1.54, 1.807) is 54.6 Å². The Hall–Kier alpha value is -2.83. The van der Waals surface area contributed by atoms with E-state index in [1.807, 2.05) is 0 Å². The molecule has 0 aliphatic heterocycles. The third-order valence-electron chi connectivity index (χ3n) is 4.03. The molecule has 3 N–H and O–H groups in total. The molecule has 0 saturated carbocycles. The van der Waals surface area contributed by atoms with E-state index in [1.165, 1.54) is 7.11 Å². The highest BCUT2D eigenvalue weighted by Gasteiger charge is 2.31. The molecule has 1 amide bonds. The standard InChI is InChI=1S/C19H17ClN2O4/c1-26-19(25)16(17(23)11-5-3-2-4-6-11)22-18(24)15-10-12-9-13(20)7-8-14(12)21-15/h2-10,16-17,21,23H,1H3,(H,22,24)/t16-,17+/m0/s1. The second-order valence-electron chi connectivity index (χ2n) is 5.74.